The molecule has 0 spiro atoms. The first-order valence-electron chi connectivity index (χ1n) is 10.3. The average molecular weight is 512 g/mol. The Morgan fingerprint density at radius 3 is 2.62 bits per heavy atom. The quantitative estimate of drug-likeness (QED) is 0.503. The number of carboxylic acid groups (broad SMARTS) is 1. The van der Waals surface area contributed by atoms with Crippen molar-refractivity contribution < 1.29 is 33.3 Å². The molecule has 1 saturated heterocycles. The van der Waals surface area contributed by atoms with Crippen LogP contribution in [0.3, 0.4) is 0 Å². The van der Waals surface area contributed by atoms with E-state index < -0.39 is 24.1 Å². The predicted octanol–water partition coefficient (Wildman–Crippen LogP) is 4.83. The first-order valence-corrected chi connectivity index (χ1v) is 11.1. The second-order valence-corrected chi connectivity index (χ2v) is 8.64. The summed E-state index contributed by atoms with van der Waals surface area (Å²) in [4.78, 5) is 24.7. The third-order valence-corrected chi connectivity index (χ3v) is 6.09. The maximum Gasteiger partial charge on any atom is 0.410 e. The van der Waals surface area contributed by atoms with Crippen LogP contribution >= 0.6 is 15.9 Å². The smallest absolute Gasteiger partial charge is 0.410 e. The van der Waals surface area contributed by atoms with Crippen molar-refractivity contribution in [2.75, 3.05) is 13.2 Å². The Hall–Kier alpha value is -2.52. The van der Waals surface area contributed by atoms with E-state index in [9.17, 15) is 23.5 Å². The molecule has 1 aliphatic rings. The summed E-state index contributed by atoms with van der Waals surface area (Å²) in [5, 5.41) is 19.2. The third kappa shape index (κ3) is 5.83. The van der Waals surface area contributed by atoms with E-state index in [1.54, 1.807) is 18.2 Å². The van der Waals surface area contributed by atoms with Crippen LogP contribution in [-0.2, 0) is 17.1 Å². The zero-order chi connectivity index (χ0) is 23.3. The van der Waals surface area contributed by atoms with Gasteiger partial charge in [0.05, 0.1) is 12.2 Å². The molecule has 1 amide bonds. The van der Waals surface area contributed by atoms with Gasteiger partial charge in [0.1, 0.15) is 6.10 Å². The van der Waals surface area contributed by atoms with E-state index in [2.05, 4.69) is 15.9 Å². The van der Waals surface area contributed by atoms with Crippen LogP contribution in [0.4, 0.5) is 13.6 Å². The number of halogens is 3. The van der Waals surface area contributed by atoms with E-state index in [4.69, 9.17) is 9.84 Å². The van der Waals surface area contributed by atoms with Gasteiger partial charge in [-0.25, -0.2) is 9.59 Å². The number of aromatic carboxylic acids is 1. The summed E-state index contributed by atoms with van der Waals surface area (Å²) in [6, 6.07) is 11.7. The molecule has 2 unspecified atom stereocenters. The number of carbonyl (C=O) groups is 2. The maximum atomic E-state index is 14.7. The number of benzene rings is 2. The van der Waals surface area contributed by atoms with E-state index in [-0.39, 0.29) is 36.6 Å². The van der Waals surface area contributed by atoms with Crippen LogP contribution in [0.5, 0.6) is 0 Å². The number of carboxylic acids is 1. The summed E-state index contributed by atoms with van der Waals surface area (Å²) in [5.41, 5.74) is 0.738. The van der Waals surface area contributed by atoms with Crippen molar-refractivity contribution >= 4 is 28.0 Å². The highest BCUT2D eigenvalue weighted by Gasteiger charge is 2.41. The van der Waals surface area contributed by atoms with Crippen LogP contribution in [0.1, 0.15) is 40.7 Å². The number of amides is 1. The Kier molecular flexibility index (Phi) is 7.84. The van der Waals surface area contributed by atoms with Gasteiger partial charge >= 0.3 is 12.1 Å². The van der Waals surface area contributed by atoms with Crippen molar-refractivity contribution in [3.8, 4) is 0 Å². The van der Waals surface area contributed by atoms with Crippen molar-refractivity contribution in [2.45, 2.75) is 43.8 Å². The summed E-state index contributed by atoms with van der Waals surface area (Å²) in [5.74, 6) is -4.44. The predicted molar refractivity (Wildman–Crippen MR) is 117 cm³/mol. The maximum absolute atomic E-state index is 14.7. The second kappa shape index (κ2) is 10.4. The van der Waals surface area contributed by atoms with Gasteiger partial charge in [0.2, 0.25) is 0 Å². The highest BCUT2D eigenvalue weighted by Crippen LogP contribution is 2.35. The fourth-order valence-electron chi connectivity index (χ4n) is 3.73. The number of aliphatic hydroxyl groups excluding tert-OH is 1. The molecule has 32 heavy (non-hydrogen) atoms. The monoisotopic (exact) mass is 511 g/mol. The van der Waals surface area contributed by atoms with Crippen LogP contribution in [0.2, 0.25) is 0 Å². The Balaban J connectivity index is 1.61. The molecule has 0 radical (unpaired) electrons. The van der Waals surface area contributed by atoms with Crippen molar-refractivity contribution in [3.05, 3.63) is 69.7 Å². The zero-order valence-electron chi connectivity index (χ0n) is 17.2. The lowest BCUT2D eigenvalue weighted by Gasteiger charge is -2.36. The molecule has 2 aromatic rings. The molecule has 1 aliphatic heterocycles. The SMILES string of the molecule is O=C(O)c1ccc(CCN2C(=O)OCCC2CCC(O)C(F)(F)c2cccc(Br)c2)cc1. The second-order valence-electron chi connectivity index (χ2n) is 7.73. The summed E-state index contributed by atoms with van der Waals surface area (Å²) in [6.45, 7) is 0.499. The number of rotatable bonds is 9. The highest BCUT2D eigenvalue weighted by atomic mass is 79.9. The molecule has 2 atom stereocenters. The Morgan fingerprint density at radius 1 is 1.25 bits per heavy atom. The van der Waals surface area contributed by atoms with Crippen LogP contribution in [0, 0.1) is 0 Å². The zero-order valence-corrected chi connectivity index (χ0v) is 18.8. The highest BCUT2D eigenvalue weighted by molar-refractivity contribution is 9.10. The van der Waals surface area contributed by atoms with Crippen molar-refractivity contribution in [1.82, 2.24) is 4.90 Å². The number of nitrogens with zero attached hydrogens (tertiary/aromatic N) is 1. The fraction of sp³-hybridized carbons (Fsp3) is 0.391. The molecule has 1 fully saturated rings. The summed E-state index contributed by atoms with van der Waals surface area (Å²) in [7, 11) is 0. The van der Waals surface area contributed by atoms with Crippen LogP contribution in [0.25, 0.3) is 0 Å². The van der Waals surface area contributed by atoms with Crippen molar-refractivity contribution in [3.63, 3.8) is 0 Å². The van der Waals surface area contributed by atoms with Gasteiger partial charge in [-0.15, -0.1) is 0 Å². The Labute approximate surface area is 192 Å². The minimum Gasteiger partial charge on any atom is -0.478 e. The molecule has 3 rings (SSSR count). The minimum atomic E-state index is -3.42. The molecular weight excluding hydrogens is 488 g/mol. The van der Waals surface area contributed by atoms with Gasteiger partial charge in [0.25, 0.3) is 5.92 Å². The third-order valence-electron chi connectivity index (χ3n) is 5.60. The van der Waals surface area contributed by atoms with Gasteiger partial charge in [-0.1, -0.05) is 40.2 Å². The standard InChI is InChI=1S/C23H24BrF2NO5/c24-18-3-1-2-17(14-18)23(25,26)20(28)9-8-19-11-13-32-22(31)27(19)12-10-15-4-6-16(7-5-15)21(29)30/h1-7,14,19-20,28H,8-13H2,(H,29,30). The first-order chi connectivity index (χ1) is 15.2. The number of carbonyl (C=O) groups excluding carboxylic acids is 1. The molecule has 2 aromatic carbocycles. The summed E-state index contributed by atoms with van der Waals surface area (Å²) >= 11 is 3.17. The number of alkyl halides is 2. The molecule has 2 N–H and O–H groups in total. The van der Waals surface area contributed by atoms with E-state index in [0.29, 0.717) is 23.9 Å². The van der Waals surface area contributed by atoms with Crippen molar-refractivity contribution in [1.29, 1.82) is 0 Å². The first kappa shape index (κ1) is 24.1. The van der Waals surface area contributed by atoms with E-state index >= 15 is 0 Å². The van der Waals surface area contributed by atoms with Crippen molar-refractivity contribution in [2.24, 2.45) is 0 Å². The van der Waals surface area contributed by atoms with Crippen LogP contribution < -0.4 is 0 Å². The number of ether oxygens (including phenoxy) is 1. The normalized spacial score (nSPS) is 17.7. The molecule has 0 saturated carbocycles. The minimum absolute atomic E-state index is 0.171. The summed E-state index contributed by atoms with van der Waals surface area (Å²) in [6.07, 6.45) is -1.43. The van der Waals surface area contributed by atoms with Gasteiger partial charge in [-0.3, -0.25) is 0 Å². The largest absolute Gasteiger partial charge is 0.478 e. The van der Waals surface area contributed by atoms with E-state index in [1.165, 1.54) is 35.2 Å². The number of hydrogen-bond acceptors (Lipinski definition) is 4. The van der Waals surface area contributed by atoms with Crippen LogP contribution in [-0.4, -0.2) is 52.5 Å². The van der Waals surface area contributed by atoms with Gasteiger partial charge < -0.3 is 19.8 Å². The Morgan fingerprint density at radius 2 is 1.97 bits per heavy atom. The Bertz CT molecular complexity index is 954. The molecule has 6 nitrogen and oxygen atoms in total. The van der Waals surface area contributed by atoms with E-state index in [0.717, 1.165) is 5.56 Å². The molecular formula is C23H24BrF2NO5. The average Bonchev–Trinajstić information content (AvgIpc) is 2.77. The lowest BCUT2D eigenvalue weighted by atomic mass is 9.96. The summed E-state index contributed by atoms with van der Waals surface area (Å²) < 4.78 is 35.0. The number of aliphatic hydroxyl groups is 1. The van der Waals surface area contributed by atoms with E-state index in [1.807, 2.05) is 0 Å². The van der Waals surface area contributed by atoms with Gasteiger partial charge in [-0.2, -0.15) is 8.78 Å². The van der Waals surface area contributed by atoms with Crippen LogP contribution in [0.15, 0.2) is 53.0 Å². The molecule has 0 aromatic heterocycles. The molecule has 0 bridgehead atoms. The lowest BCUT2D eigenvalue weighted by molar-refractivity contribution is -0.120. The molecule has 1 heterocycles. The number of hydrogen-bond donors (Lipinski definition) is 2. The molecule has 0 aliphatic carbocycles. The number of cyclic esters (lactones) is 1. The molecule has 9 heteroatoms. The fourth-order valence-corrected chi connectivity index (χ4v) is 4.13. The molecule has 172 valence electrons. The lowest BCUT2D eigenvalue weighted by Crippen LogP contribution is -2.47. The topological polar surface area (TPSA) is 87.1 Å². The van der Waals surface area contributed by atoms with Gasteiger partial charge in [0, 0.05) is 29.0 Å². The van der Waals surface area contributed by atoms with Gasteiger partial charge in [-0.05, 0) is 49.1 Å². The van der Waals surface area contributed by atoms with Gasteiger partial charge in [0.15, 0.2) is 0 Å².